The highest BCUT2D eigenvalue weighted by Crippen LogP contribution is 2.45. The van der Waals surface area contributed by atoms with E-state index in [4.69, 9.17) is 9.47 Å². The van der Waals surface area contributed by atoms with Gasteiger partial charge in [0.05, 0.1) is 11.7 Å². The molecule has 6 rings (SSSR count). The standard InChI is InChI=1S/C23H21N5O2/c1-2-4-15(5-3-1)18-13-21(28-23(26-18)24-14-25-28)27-22(16-6-7-16)17-8-9-19-20(12-17)30-11-10-29-19/h1-5,8-9,12-14,16,22,27H,6-7,10-11H2. The van der Waals surface area contributed by atoms with Gasteiger partial charge < -0.3 is 14.8 Å². The maximum Gasteiger partial charge on any atom is 0.254 e. The first-order valence-electron chi connectivity index (χ1n) is 10.3. The third kappa shape index (κ3) is 3.12. The van der Waals surface area contributed by atoms with Crippen LogP contribution in [0.25, 0.3) is 17.0 Å². The van der Waals surface area contributed by atoms with Crippen molar-refractivity contribution in [3.8, 4) is 22.8 Å². The number of nitrogens with zero attached hydrogens (tertiary/aromatic N) is 4. The summed E-state index contributed by atoms with van der Waals surface area (Å²) in [6.45, 7) is 1.18. The minimum absolute atomic E-state index is 0.152. The van der Waals surface area contributed by atoms with Crippen molar-refractivity contribution in [1.29, 1.82) is 0 Å². The lowest BCUT2D eigenvalue weighted by atomic mass is 10.0. The van der Waals surface area contributed by atoms with E-state index in [9.17, 15) is 0 Å². The van der Waals surface area contributed by atoms with Gasteiger partial charge in [0, 0.05) is 11.6 Å². The van der Waals surface area contributed by atoms with Gasteiger partial charge in [0.15, 0.2) is 11.5 Å². The van der Waals surface area contributed by atoms with Crippen LogP contribution in [0.5, 0.6) is 11.5 Å². The summed E-state index contributed by atoms with van der Waals surface area (Å²) in [7, 11) is 0. The van der Waals surface area contributed by atoms with Gasteiger partial charge in [-0.3, -0.25) is 0 Å². The molecule has 7 nitrogen and oxygen atoms in total. The number of aromatic nitrogens is 4. The lowest BCUT2D eigenvalue weighted by Crippen LogP contribution is -2.18. The van der Waals surface area contributed by atoms with E-state index in [-0.39, 0.29) is 6.04 Å². The summed E-state index contributed by atoms with van der Waals surface area (Å²) in [5, 5.41) is 8.11. The molecule has 2 aromatic heterocycles. The molecule has 1 saturated carbocycles. The fraction of sp³-hybridized carbons (Fsp3) is 0.261. The number of anilines is 1. The zero-order valence-electron chi connectivity index (χ0n) is 16.4. The molecule has 0 saturated heterocycles. The monoisotopic (exact) mass is 399 g/mol. The van der Waals surface area contributed by atoms with Gasteiger partial charge in [-0.1, -0.05) is 36.4 Å². The molecule has 1 unspecified atom stereocenters. The second-order valence-corrected chi connectivity index (χ2v) is 7.73. The molecule has 0 amide bonds. The number of benzene rings is 2. The molecule has 150 valence electrons. The quantitative estimate of drug-likeness (QED) is 0.544. The fourth-order valence-electron chi connectivity index (χ4n) is 3.99. The summed E-state index contributed by atoms with van der Waals surface area (Å²) < 4.78 is 13.3. The van der Waals surface area contributed by atoms with Crippen LogP contribution in [0.1, 0.15) is 24.4 Å². The van der Waals surface area contributed by atoms with Gasteiger partial charge in [-0.2, -0.15) is 14.6 Å². The van der Waals surface area contributed by atoms with Crippen molar-refractivity contribution in [2.75, 3.05) is 18.5 Å². The molecule has 7 heteroatoms. The summed E-state index contributed by atoms with van der Waals surface area (Å²) in [6.07, 6.45) is 3.94. The molecule has 1 aliphatic heterocycles. The maximum absolute atomic E-state index is 5.81. The molecular weight excluding hydrogens is 378 g/mol. The Morgan fingerprint density at radius 2 is 1.80 bits per heavy atom. The van der Waals surface area contributed by atoms with Crippen LogP contribution in [-0.4, -0.2) is 32.8 Å². The van der Waals surface area contributed by atoms with Gasteiger partial charge >= 0.3 is 0 Å². The first-order chi connectivity index (χ1) is 14.8. The number of hydrogen-bond donors (Lipinski definition) is 1. The molecule has 2 aromatic carbocycles. The molecule has 0 radical (unpaired) electrons. The Kier molecular flexibility index (Phi) is 4.04. The van der Waals surface area contributed by atoms with Gasteiger partial charge in [0.1, 0.15) is 25.4 Å². The van der Waals surface area contributed by atoms with Crippen LogP contribution in [0.2, 0.25) is 0 Å². The van der Waals surface area contributed by atoms with Crippen molar-refractivity contribution in [2.45, 2.75) is 18.9 Å². The molecule has 1 atom stereocenters. The highest BCUT2D eigenvalue weighted by Gasteiger charge is 2.33. The van der Waals surface area contributed by atoms with Crippen molar-refractivity contribution in [2.24, 2.45) is 5.92 Å². The summed E-state index contributed by atoms with van der Waals surface area (Å²) in [5.74, 6) is 3.66. The lowest BCUT2D eigenvalue weighted by Gasteiger charge is -2.24. The minimum Gasteiger partial charge on any atom is -0.486 e. The average Bonchev–Trinajstić information content (AvgIpc) is 3.53. The third-order valence-corrected chi connectivity index (χ3v) is 5.64. The van der Waals surface area contributed by atoms with Crippen molar-refractivity contribution in [3.05, 3.63) is 66.5 Å². The van der Waals surface area contributed by atoms with Crippen LogP contribution in [0.3, 0.4) is 0 Å². The molecular formula is C23H21N5O2. The first-order valence-corrected chi connectivity index (χ1v) is 10.3. The highest BCUT2D eigenvalue weighted by molar-refractivity contribution is 5.65. The molecule has 30 heavy (non-hydrogen) atoms. The van der Waals surface area contributed by atoms with Crippen LogP contribution in [-0.2, 0) is 0 Å². The van der Waals surface area contributed by atoms with Crippen LogP contribution >= 0.6 is 0 Å². The minimum atomic E-state index is 0.152. The lowest BCUT2D eigenvalue weighted by molar-refractivity contribution is 0.171. The predicted molar refractivity (Wildman–Crippen MR) is 113 cm³/mol. The Morgan fingerprint density at radius 3 is 2.63 bits per heavy atom. The predicted octanol–water partition coefficient (Wildman–Crippen LogP) is 4.13. The van der Waals surface area contributed by atoms with Crippen molar-refractivity contribution in [1.82, 2.24) is 19.6 Å². The SMILES string of the molecule is c1ccc(-c2cc(NC(c3ccc4c(c3)OCCO4)C3CC3)n3ncnc3n2)cc1. The Morgan fingerprint density at radius 1 is 0.967 bits per heavy atom. The zero-order chi connectivity index (χ0) is 19.9. The van der Waals surface area contributed by atoms with Gasteiger partial charge in [-0.05, 0) is 36.5 Å². The van der Waals surface area contributed by atoms with Gasteiger partial charge in [0.2, 0.25) is 0 Å². The highest BCUT2D eigenvalue weighted by atomic mass is 16.6. The molecule has 1 N–H and O–H groups in total. The van der Waals surface area contributed by atoms with Crippen LogP contribution in [0.4, 0.5) is 5.82 Å². The van der Waals surface area contributed by atoms with E-state index in [0.29, 0.717) is 24.9 Å². The summed E-state index contributed by atoms with van der Waals surface area (Å²) in [4.78, 5) is 9.01. The molecule has 2 aliphatic rings. The second-order valence-electron chi connectivity index (χ2n) is 7.73. The number of nitrogens with one attached hydrogen (secondary N) is 1. The molecule has 3 heterocycles. The van der Waals surface area contributed by atoms with E-state index >= 15 is 0 Å². The summed E-state index contributed by atoms with van der Waals surface area (Å²) in [6, 6.07) is 18.6. The van der Waals surface area contributed by atoms with Gasteiger partial charge in [0.25, 0.3) is 5.78 Å². The molecule has 4 aromatic rings. The van der Waals surface area contributed by atoms with E-state index in [2.05, 4.69) is 44.6 Å². The second kappa shape index (κ2) is 7.02. The van der Waals surface area contributed by atoms with E-state index in [1.54, 1.807) is 10.8 Å². The smallest absolute Gasteiger partial charge is 0.254 e. The third-order valence-electron chi connectivity index (χ3n) is 5.64. The van der Waals surface area contributed by atoms with E-state index in [1.165, 1.54) is 18.4 Å². The first kappa shape index (κ1) is 17.3. The van der Waals surface area contributed by atoms with Gasteiger partial charge in [-0.15, -0.1) is 0 Å². The van der Waals surface area contributed by atoms with E-state index < -0.39 is 0 Å². The Balaban J connectivity index is 1.40. The van der Waals surface area contributed by atoms with E-state index in [1.807, 2.05) is 30.3 Å². The molecule has 1 aliphatic carbocycles. The summed E-state index contributed by atoms with van der Waals surface area (Å²) >= 11 is 0. The largest absolute Gasteiger partial charge is 0.486 e. The molecule has 1 fully saturated rings. The normalized spacial score (nSPS) is 16.4. The van der Waals surface area contributed by atoms with Crippen LogP contribution < -0.4 is 14.8 Å². The summed E-state index contributed by atoms with van der Waals surface area (Å²) in [5.41, 5.74) is 3.11. The van der Waals surface area contributed by atoms with Crippen molar-refractivity contribution in [3.63, 3.8) is 0 Å². The average molecular weight is 399 g/mol. The zero-order valence-corrected chi connectivity index (χ0v) is 16.4. The number of rotatable bonds is 5. The van der Waals surface area contributed by atoms with Crippen LogP contribution in [0, 0.1) is 5.92 Å². The Hall–Kier alpha value is -3.61. The number of fused-ring (bicyclic) bond motifs is 2. The number of hydrogen-bond acceptors (Lipinski definition) is 6. The molecule has 0 bridgehead atoms. The topological polar surface area (TPSA) is 73.6 Å². The van der Waals surface area contributed by atoms with Crippen molar-refractivity contribution >= 4 is 11.6 Å². The number of ether oxygens (including phenoxy) is 2. The van der Waals surface area contributed by atoms with Crippen molar-refractivity contribution < 1.29 is 9.47 Å². The van der Waals surface area contributed by atoms with Gasteiger partial charge in [-0.25, -0.2) is 4.98 Å². The fourth-order valence-corrected chi connectivity index (χ4v) is 3.99. The molecule has 0 spiro atoms. The van der Waals surface area contributed by atoms with E-state index in [0.717, 1.165) is 28.6 Å². The maximum atomic E-state index is 5.81. The van der Waals surface area contributed by atoms with Crippen LogP contribution in [0.15, 0.2) is 60.9 Å². The Bertz CT molecular complexity index is 1200. The Labute approximate surface area is 173 Å².